The third-order valence-corrected chi connectivity index (χ3v) is 3.33. The van der Waals surface area contributed by atoms with Crippen molar-refractivity contribution in [2.24, 2.45) is 0 Å². The first-order valence-corrected chi connectivity index (χ1v) is 6.47. The topological polar surface area (TPSA) is 12.0 Å². The van der Waals surface area contributed by atoms with E-state index in [9.17, 15) is 13.2 Å². The predicted molar refractivity (Wildman–Crippen MR) is 73.0 cm³/mol. The van der Waals surface area contributed by atoms with Crippen molar-refractivity contribution in [2.45, 2.75) is 19.5 Å². The summed E-state index contributed by atoms with van der Waals surface area (Å²) in [6, 6.07) is 7.35. The van der Waals surface area contributed by atoms with E-state index < -0.39 is 23.5 Å². The van der Waals surface area contributed by atoms with Gasteiger partial charge in [-0.2, -0.15) is 0 Å². The van der Waals surface area contributed by atoms with Gasteiger partial charge in [0.15, 0.2) is 0 Å². The Balaban J connectivity index is 2.06. The van der Waals surface area contributed by atoms with E-state index in [2.05, 4.69) is 5.32 Å². The van der Waals surface area contributed by atoms with Gasteiger partial charge in [0.2, 0.25) is 0 Å². The summed E-state index contributed by atoms with van der Waals surface area (Å²) in [7, 11) is 0. The van der Waals surface area contributed by atoms with Crippen molar-refractivity contribution in [2.75, 3.05) is 0 Å². The van der Waals surface area contributed by atoms with Crippen LogP contribution in [0.4, 0.5) is 13.2 Å². The summed E-state index contributed by atoms with van der Waals surface area (Å²) in [5.74, 6) is -1.48. The molecule has 0 spiro atoms. The molecule has 2 aromatic carbocycles. The summed E-state index contributed by atoms with van der Waals surface area (Å²) >= 11 is 5.59. The molecule has 5 heteroatoms. The molecular formula is C15H13ClF3N. The van der Waals surface area contributed by atoms with Crippen LogP contribution in [0.3, 0.4) is 0 Å². The van der Waals surface area contributed by atoms with E-state index in [-0.39, 0.29) is 10.6 Å². The normalized spacial score (nSPS) is 12.4. The van der Waals surface area contributed by atoms with Crippen LogP contribution in [0.5, 0.6) is 0 Å². The first kappa shape index (κ1) is 14.9. The summed E-state index contributed by atoms with van der Waals surface area (Å²) in [4.78, 5) is 0. The Morgan fingerprint density at radius 1 is 1.05 bits per heavy atom. The minimum atomic E-state index is -0.504. The molecule has 0 saturated heterocycles. The number of halogens is 4. The summed E-state index contributed by atoms with van der Waals surface area (Å²) in [5.41, 5.74) is 0.912. The number of nitrogens with one attached hydrogen (secondary N) is 1. The Morgan fingerprint density at radius 2 is 1.80 bits per heavy atom. The number of rotatable bonds is 4. The molecule has 0 radical (unpaired) electrons. The molecule has 0 aliphatic heterocycles. The maximum absolute atomic E-state index is 13.6. The largest absolute Gasteiger partial charge is 0.306 e. The standard InChI is InChI=1S/C15H13ClF3N/c1-9(12-7-11(17)3-5-14(12)18)20-8-10-2-4-13(16)15(19)6-10/h2-7,9,20H,8H2,1H3. The molecule has 1 N–H and O–H groups in total. The van der Waals surface area contributed by atoms with Crippen molar-refractivity contribution >= 4 is 11.6 Å². The van der Waals surface area contributed by atoms with Crippen LogP contribution >= 0.6 is 11.6 Å². The lowest BCUT2D eigenvalue weighted by molar-refractivity contribution is 0.517. The maximum atomic E-state index is 13.6. The van der Waals surface area contributed by atoms with Gasteiger partial charge in [-0.3, -0.25) is 0 Å². The van der Waals surface area contributed by atoms with E-state index in [1.54, 1.807) is 13.0 Å². The average molecular weight is 300 g/mol. The molecule has 2 aromatic rings. The molecule has 106 valence electrons. The molecule has 0 bridgehead atoms. The minimum absolute atomic E-state index is 0.0537. The van der Waals surface area contributed by atoms with Gasteiger partial charge in [0.05, 0.1) is 5.02 Å². The lowest BCUT2D eigenvalue weighted by Gasteiger charge is -2.15. The highest BCUT2D eigenvalue weighted by Gasteiger charge is 2.12. The van der Waals surface area contributed by atoms with Crippen LogP contribution < -0.4 is 5.32 Å². The Labute approximate surface area is 120 Å². The maximum Gasteiger partial charge on any atom is 0.142 e. The first-order valence-electron chi connectivity index (χ1n) is 6.09. The Bertz CT molecular complexity index is 616. The fourth-order valence-corrected chi connectivity index (χ4v) is 1.99. The second-order valence-electron chi connectivity index (χ2n) is 4.52. The molecule has 20 heavy (non-hydrogen) atoms. The quantitative estimate of drug-likeness (QED) is 0.869. The van der Waals surface area contributed by atoms with Gasteiger partial charge in [-0.05, 0) is 42.8 Å². The molecular weight excluding hydrogens is 287 g/mol. The van der Waals surface area contributed by atoms with Gasteiger partial charge < -0.3 is 5.32 Å². The highest BCUT2D eigenvalue weighted by molar-refractivity contribution is 6.30. The zero-order valence-corrected chi connectivity index (χ0v) is 11.5. The molecule has 1 unspecified atom stereocenters. The van der Waals surface area contributed by atoms with E-state index in [1.807, 2.05) is 0 Å². The predicted octanol–water partition coefficient (Wildman–Crippen LogP) is 4.61. The first-order chi connectivity index (χ1) is 9.47. The van der Waals surface area contributed by atoms with E-state index in [1.165, 1.54) is 12.1 Å². The molecule has 2 rings (SSSR count). The Hall–Kier alpha value is -1.52. The van der Waals surface area contributed by atoms with Gasteiger partial charge >= 0.3 is 0 Å². The van der Waals surface area contributed by atoms with Crippen LogP contribution in [0.1, 0.15) is 24.1 Å². The van der Waals surface area contributed by atoms with Crippen molar-refractivity contribution < 1.29 is 13.2 Å². The monoisotopic (exact) mass is 299 g/mol. The molecule has 0 amide bonds. The summed E-state index contributed by atoms with van der Waals surface area (Å²) in [5, 5.41) is 3.07. The molecule has 0 aliphatic rings. The van der Waals surface area contributed by atoms with Gasteiger partial charge in [-0.25, -0.2) is 13.2 Å². The molecule has 1 nitrogen and oxygen atoms in total. The molecule has 0 fully saturated rings. The van der Waals surface area contributed by atoms with Gasteiger partial charge in [-0.15, -0.1) is 0 Å². The van der Waals surface area contributed by atoms with Crippen LogP contribution in [0.15, 0.2) is 36.4 Å². The summed E-state index contributed by atoms with van der Waals surface area (Å²) in [6.07, 6.45) is 0. The fraction of sp³-hybridized carbons (Fsp3) is 0.200. The summed E-state index contributed by atoms with van der Waals surface area (Å²) in [6.45, 7) is 2.04. The summed E-state index contributed by atoms with van der Waals surface area (Å²) < 4.78 is 40.0. The van der Waals surface area contributed by atoms with E-state index in [4.69, 9.17) is 11.6 Å². The van der Waals surface area contributed by atoms with E-state index >= 15 is 0 Å². The number of hydrogen-bond acceptors (Lipinski definition) is 1. The lowest BCUT2D eigenvalue weighted by atomic mass is 10.1. The van der Waals surface area contributed by atoms with Crippen LogP contribution in [0.25, 0.3) is 0 Å². The zero-order valence-electron chi connectivity index (χ0n) is 10.8. The third-order valence-electron chi connectivity index (χ3n) is 3.02. The molecule has 1 atom stereocenters. The zero-order chi connectivity index (χ0) is 14.7. The van der Waals surface area contributed by atoms with Crippen molar-refractivity contribution in [3.63, 3.8) is 0 Å². The van der Waals surface area contributed by atoms with Crippen LogP contribution in [-0.2, 0) is 6.54 Å². The highest BCUT2D eigenvalue weighted by Crippen LogP contribution is 2.19. The second kappa shape index (κ2) is 6.29. The SMILES string of the molecule is CC(NCc1ccc(Cl)c(F)c1)c1cc(F)ccc1F. The highest BCUT2D eigenvalue weighted by atomic mass is 35.5. The Morgan fingerprint density at radius 3 is 2.50 bits per heavy atom. The molecule has 0 aromatic heterocycles. The van der Waals surface area contributed by atoms with Crippen LogP contribution in [0.2, 0.25) is 5.02 Å². The van der Waals surface area contributed by atoms with Gasteiger partial charge in [-0.1, -0.05) is 17.7 Å². The van der Waals surface area contributed by atoms with E-state index in [0.29, 0.717) is 12.1 Å². The van der Waals surface area contributed by atoms with Crippen LogP contribution in [-0.4, -0.2) is 0 Å². The second-order valence-corrected chi connectivity index (χ2v) is 4.92. The van der Waals surface area contributed by atoms with Gasteiger partial charge in [0.25, 0.3) is 0 Å². The Kier molecular flexibility index (Phi) is 4.68. The lowest BCUT2D eigenvalue weighted by Crippen LogP contribution is -2.19. The molecule has 0 aliphatic carbocycles. The van der Waals surface area contributed by atoms with E-state index in [0.717, 1.165) is 18.2 Å². The van der Waals surface area contributed by atoms with Gasteiger partial charge in [0.1, 0.15) is 17.5 Å². The van der Waals surface area contributed by atoms with Gasteiger partial charge in [0, 0.05) is 18.2 Å². The van der Waals surface area contributed by atoms with Crippen LogP contribution in [0, 0.1) is 17.5 Å². The number of hydrogen-bond donors (Lipinski definition) is 1. The molecule has 0 heterocycles. The fourth-order valence-electron chi connectivity index (χ4n) is 1.88. The smallest absolute Gasteiger partial charge is 0.142 e. The number of benzene rings is 2. The van der Waals surface area contributed by atoms with Crippen molar-refractivity contribution in [1.82, 2.24) is 5.32 Å². The molecule has 0 saturated carbocycles. The minimum Gasteiger partial charge on any atom is -0.306 e. The average Bonchev–Trinajstić information content (AvgIpc) is 2.42. The third kappa shape index (κ3) is 3.52. The van der Waals surface area contributed by atoms with Crippen molar-refractivity contribution in [3.8, 4) is 0 Å². The van der Waals surface area contributed by atoms with Crippen molar-refractivity contribution in [1.29, 1.82) is 0 Å². The van der Waals surface area contributed by atoms with Crippen molar-refractivity contribution in [3.05, 3.63) is 70.0 Å².